The summed E-state index contributed by atoms with van der Waals surface area (Å²) in [7, 11) is 0. The van der Waals surface area contributed by atoms with Crippen molar-refractivity contribution in [2.24, 2.45) is 4.99 Å². The summed E-state index contributed by atoms with van der Waals surface area (Å²) in [5.41, 5.74) is 7.39. The van der Waals surface area contributed by atoms with Crippen molar-refractivity contribution in [3.8, 4) is 0 Å². The Bertz CT molecular complexity index is 1230. The van der Waals surface area contributed by atoms with Gasteiger partial charge in [0.15, 0.2) is 0 Å². The lowest BCUT2D eigenvalue weighted by Gasteiger charge is -2.15. The Hall–Kier alpha value is -3.42. The number of alkyl halides is 2. The van der Waals surface area contributed by atoms with Gasteiger partial charge in [0.25, 0.3) is 5.92 Å². The standard InChI is InChI=1S/C29H31F2N3OS/c1-4-27(23-10-8-11-24(17-23)29(30,31)5-2)34-28(21(3)9-6-7-16-35)22-12-14-25(15-13-22)32-18-26-19-36-20-33-26/h4-5,8-15,17,19-20,32,35H,2,6-7,16,18H2,1,3H3. The number of unbranched alkanes of at least 4 members (excludes halogenated alkanes) is 1. The van der Waals surface area contributed by atoms with E-state index in [4.69, 9.17) is 4.99 Å². The Kier molecular flexibility index (Phi) is 9.85. The third-order valence-electron chi connectivity index (χ3n) is 5.61. The number of hydrogen-bond acceptors (Lipinski definition) is 5. The first-order valence-corrected chi connectivity index (χ1v) is 12.7. The Morgan fingerprint density at radius 3 is 2.61 bits per heavy atom. The van der Waals surface area contributed by atoms with Crippen LogP contribution < -0.4 is 5.32 Å². The Morgan fingerprint density at radius 1 is 1.19 bits per heavy atom. The van der Waals surface area contributed by atoms with E-state index in [2.05, 4.69) is 16.9 Å². The highest BCUT2D eigenvalue weighted by atomic mass is 32.1. The lowest BCUT2D eigenvalue weighted by atomic mass is 10.00. The van der Waals surface area contributed by atoms with E-state index in [1.54, 1.807) is 23.5 Å². The van der Waals surface area contributed by atoms with Crippen molar-refractivity contribution in [1.82, 2.24) is 4.98 Å². The molecule has 2 aromatic carbocycles. The molecule has 0 aliphatic heterocycles. The number of aliphatic hydroxyl groups excluding tert-OH is 1. The summed E-state index contributed by atoms with van der Waals surface area (Å²) >= 11 is 1.56. The highest BCUT2D eigenvalue weighted by Crippen LogP contribution is 2.31. The molecule has 0 amide bonds. The molecule has 1 heterocycles. The molecular formula is C29H31F2N3OS. The summed E-state index contributed by atoms with van der Waals surface area (Å²) in [6, 6.07) is 14.2. The number of halogens is 2. The van der Waals surface area contributed by atoms with Crippen LogP contribution in [-0.4, -0.2) is 22.4 Å². The van der Waals surface area contributed by atoms with Gasteiger partial charge in [0.2, 0.25) is 0 Å². The lowest BCUT2D eigenvalue weighted by molar-refractivity contribution is 0.0525. The van der Waals surface area contributed by atoms with Crippen molar-refractivity contribution in [2.45, 2.75) is 39.2 Å². The van der Waals surface area contributed by atoms with Gasteiger partial charge in [0.05, 0.1) is 29.2 Å². The van der Waals surface area contributed by atoms with Crippen LogP contribution in [-0.2, 0) is 12.5 Å². The van der Waals surface area contributed by atoms with E-state index in [1.807, 2.05) is 61.2 Å². The van der Waals surface area contributed by atoms with Gasteiger partial charge in [-0.1, -0.05) is 49.1 Å². The SMILES string of the molecule is C=CC(F)(F)c1cccc(C(=CC)N=C(C(C)=CCCCO)c2ccc(NCc3cscn3)cc2)c1. The van der Waals surface area contributed by atoms with Gasteiger partial charge in [-0.25, -0.2) is 9.98 Å². The van der Waals surface area contributed by atoms with E-state index in [-0.39, 0.29) is 12.2 Å². The zero-order valence-corrected chi connectivity index (χ0v) is 21.4. The minimum Gasteiger partial charge on any atom is -0.396 e. The molecule has 0 radical (unpaired) electrons. The van der Waals surface area contributed by atoms with E-state index >= 15 is 0 Å². The van der Waals surface area contributed by atoms with E-state index < -0.39 is 5.92 Å². The van der Waals surface area contributed by atoms with Crippen molar-refractivity contribution in [3.05, 3.63) is 112 Å². The second-order valence-corrected chi connectivity index (χ2v) is 8.92. The number of aliphatic imine (C=N–C) groups is 1. The van der Waals surface area contributed by atoms with Gasteiger partial charge in [-0.2, -0.15) is 8.78 Å². The third kappa shape index (κ3) is 7.29. The predicted molar refractivity (Wildman–Crippen MR) is 147 cm³/mol. The number of aromatic nitrogens is 1. The molecule has 1 aromatic heterocycles. The maximum absolute atomic E-state index is 14.2. The maximum Gasteiger partial charge on any atom is 0.291 e. The monoisotopic (exact) mass is 507 g/mol. The fourth-order valence-electron chi connectivity index (χ4n) is 3.57. The number of anilines is 1. The largest absolute Gasteiger partial charge is 0.396 e. The first kappa shape index (κ1) is 27.2. The average molecular weight is 508 g/mol. The minimum absolute atomic E-state index is 0.111. The quantitative estimate of drug-likeness (QED) is 0.151. The first-order valence-electron chi connectivity index (χ1n) is 11.7. The minimum atomic E-state index is -3.12. The molecular weight excluding hydrogens is 476 g/mol. The number of hydrogen-bond donors (Lipinski definition) is 2. The van der Waals surface area contributed by atoms with E-state index in [0.29, 0.717) is 36.7 Å². The predicted octanol–water partition coefficient (Wildman–Crippen LogP) is 7.60. The molecule has 36 heavy (non-hydrogen) atoms. The smallest absolute Gasteiger partial charge is 0.291 e. The van der Waals surface area contributed by atoms with Crippen LogP contribution in [0.2, 0.25) is 0 Å². The van der Waals surface area contributed by atoms with Crippen LogP contribution in [0, 0.1) is 0 Å². The summed E-state index contributed by atoms with van der Waals surface area (Å²) in [6.07, 6.45) is 5.86. The molecule has 0 saturated heterocycles. The van der Waals surface area contributed by atoms with Crippen molar-refractivity contribution in [1.29, 1.82) is 0 Å². The van der Waals surface area contributed by atoms with Crippen molar-refractivity contribution < 1.29 is 13.9 Å². The summed E-state index contributed by atoms with van der Waals surface area (Å²) in [5.74, 6) is -3.12. The number of rotatable bonds is 12. The zero-order valence-electron chi connectivity index (χ0n) is 20.5. The second kappa shape index (κ2) is 13.0. The summed E-state index contributed by atoms with van der Waals surface area (Å²) in [6.45, 7) is 7.82. The molecule has 0 aliphatic carbocycles. The Balaban J connectivity index is 1.95. The van der Waals surface area contributed by atoms with Crippen LogP contribution in [0.15, 0.2) is 94.8 Å². The number of thiazole rings is 1. The summed E-state index contributed by atoms with van der Waals surface area (Å²) in [4.78, 5) is 9.21. The summed E-state index contributed by atoms with van der Waals surface area (Å²) < 4.78 is 28.5. The second-order valence-electron chi connectivity index (χ2n) is 8.21. The van der Waals surface area contributed by atoms with Crippen LogP contribution in [0.3, 0.4) is 0 Å². The van der Waals surface area contributed by atoms with Gasteiger partial charge in [-0.05, 0) is 56.5 Å². The van der Waals surface area contributed by atoms with Gasteiger partial charge in [-0.3, -0.25) is 0 Å². The topological polar surface area (TPSA) is 57.5 Å². The van der Waals surface area contributed by atoms with Crippen LogP contribution >= 0.6 is 11.3 Å². The molecule has 3 rings (SSSR count). The van der Waals surface area contributed by atoms with Gasteiger partial charge in [-0.15, -0.1) is 11.3 Å². The molecule has 4 nitrogen and oxygen atoms in total. The molecule has 3 aromatic rings. The number of nitrogens with zero attached hydrogens (tertiary/aromatic N) is 2. The molecule has 0 atom stereocenters. The molecule has 0 aliphatic rings. The summed E-state index contributed by atoms with van der Waals surface area (Å²) in [5, 5.41) is 14.5. The Labute approximate surface area is 215 Å². The van der Waals surface area contributed by atoms with Crippen LogP contribution in [0.5, 0.6) is 0 Å². The molecule has 188 valence electrons. The van der Waals surface area contributed by atoms with Gasteiger partial charge >= 0.3 is 0 Å². The molecule has 0 unspecified atom stereocenters. The maximum atomic E-state index is 14.2. The molecule has 0 fully saturated rings. The van der Waals surface area contributed by atoms with Crippen molar-refractivity contribution >= 4 is 28.4 Å². The van der Waals surface area contributed by atoms with Crippen LogP contribution in [0.1, 0.15) is 49.1 Å². The van der Waals surface area contributed by atoms with Gasteiger partial charge in [0, 0.05) is 34.4 Å². The molecule has 2 N–H and O–H groups in total. The van der Waals surface area contributed by atoms with E-state index in [1.165, 1.54) is 12.1 Å². The number of aliphatic hydroxyl groups is 1. The van der Waals surface area contributed by atoms with E-state index in [9.17, 15) is 13.9 Å². The van der Waals surface area contributed by atoms with E-state index in [0.717, 1.165) is 28.2 Å². The lowest BCUT2D eigenvalue weighted by Crippen LogP contribution is -2.09. The van der Waals surface area contributed by atoms with Crippen LogP contribution in [0.4, 0.5) is 14.5 Å². The van der Waals surface area contributed by atoms with Gasteiger partial charge in [0.1, 0.15) is 0 Å². The Morgan fingerprint density at radius 2 is 1.97 bits per heavy atom. The number of nitrogens with one attached hydrogen (secondary N) is 1. The van der Waals surface area contributed by atoms with Crippen molar-refractivity contribution in [2.75, 3.05) is 11.9 Å². The first-order chi connectivity index (χ1) is 17.4. The molecule has 0 spiro atoms. The normalized spacial score (nSPS) is 13.1. The zero-order chi connectivity index (χ0) is 26.0. The molecule has 7 heteroatoms. The molecule has 0 saturated carbocycles. The number of benzene rings is 2. The highest BCUT2D eigenvalue weighted by Gasteiger charge is 2.27. The van der Waals surface area contributed by atoms with Crippen molar-refractivity contribution in [3.63, 3.8) is 0 Å². The third-order valence-corrected chi connectivity index (χ3v) is 6.24. The van der Waals surface area contributed by atoms with Crippen LogP contribution in [0.25, 0.3) is 5.70 Å². The number of allylic oxidation sites excluding steroid dienone is 4. The highest BCUT2D eigenvalue weighted by molar-refractivity contribution is 7.07. The molecule has 0 bridgehead atoms. The fraction of sp³-hybridized carbons (Fsp3) is 0.241. The average Bonchev–Trinajstić information content (AvgIpc) is 3.42. The fourth-order valence-corrected chi connectivity index (χ4v) is 4.13. The van der Waals surface area contributed by atoms with Gasteiger partial charge < -0.3 is 10.4 Å².